The lowest BCUT2D eigenvalue weighted by molar-refractivity contribution is -0.119. The van der Waals surface area contributed by atoms with Gasteiger partial charge >= 0.3 is 0 Å². The molecule has 0 saturated carbocycles. The third kappa shape index (κ3) is 3.94. The van der Waals surface area contributed by atoms with Gasteiger partial charge < -0.3 is 20.7 Å². The van der Waals surface area contributed by atoms with Crippen LogP contribution in [0.1, 0.15) is 12.5 Å². The van der Waals surface area contributed by atoms with E-state index in [9.17, 15) is 4.79 Å². The molecule has 104 valence electrons. The molecule has 1 saturated heterocycles. The first-order chi connectivity index (χ1) is 9.16. The van der Waals surface area contributed by atoms with E-state index in [1.807, 2.05) is 0 Å². The van der Waals surface area contributed by atoms with E-state index in [2.05, 4.69) is 34.5 Å². The molecular formula is C14H21N3O2. The maximum Gasteiger partial charge on any atom is 0.234 e. The monoisotopic (exact) mass is 263 g/mol. The molecule has 1 atom stereocenters. The number of hydrogen-bond acceptors (Lipinski definition) is 4. The van der Waals surface area contributed by atoms with Crippen molar-refractivity contribution in [2.45, 2.75) is 19.5 Å². The van der Waals surface area contributed by atoms with Crippen molar-refractivity contribution in [2.24, 2.45) is 5.73 Å². The second-order valence-corrected chi connectivity index (χ2v) is 4.77. The first kappa shape index (κ1) is 13.8. The minimum Gasteiger partial charge on any atom is -0.378 e. The molecule has 1 aliphatic rings. The molecule has 5 nitrogen and oxygen atoms in total. The van der Waals surface area contributed by atoms with Crippen LogP contribution in [0, 0.1) is 0 Å². The van der Waals surface area contributed by atoms with E-state index in [-0.39, 0.29) is 11.9 Å². The Morgan fingerprint density at radius 2 is 2.00 bits per heavy atom. The maximum atomic E-state index is 10.9. The van der Waals surface area contributed by atoms with Crippen LogP contribution in [0.2, 0.25) is 0 Å². The van der Waals surface area contributed by atoms with Gasteiger partial charge in [0, 0.05) is 25.3 Å². The molecule has 19 heavy (non-hydrogen) atoms. The van der Waals surface area contributed by atoms with Gasteiger partial charge in [-0.15, -0.1) is 0 Å². The number of carbonyl (C=O) groups excluding carboxylic acids is 1. The molecule has 2 rings (SSSR count). The van der Waals surface area contributed by atoms with Gasteiger partial charge in [0.15, 0.2) is 0 Å². The van der Waals surface area contributed by atoms with Gasteiger partial charge in [0.1, 0.15) is 0 Å². The van der Waals surface area contributed by atoms with Crippen molar-refractivity contribution in [3.8, 4) is 0 Å². The first-order valence-corrected chi connectivity index (χ1v) is 6.61. The van der Waals surface area contributed by atoms with Gasteiger partial charge in [-0.25, -0.2) is 0 Å². The Bertz CT molecular complexity index is 413. The molecule has 0 spiro atoms. The fourth-order valence-corrected chi connectivity index (χ4v) is 2.02. The number of carbonyl (C=O) groups is 1. The molecule has 1 amide bonds. The zero-order chi connectivity index (χ0) is 13.7. The van der Waals surface area contributed by atoms with Gasteiger partial charge in [-0.2, -0.15) is 0 Å². The molecule has 5 heteroatoms. The molecule has 0 bridgehead atoms. The van der Waals surface area contributed by atoms with Crippen molar-refractivity contribution in [1.29, 1.82) is 0 Å². The third-order valence-electron chi connectivity index (χ3n) is 3.35. The standard InChI is InChI=1S/C14H21N3O2/c1-11(14(15)18)16-10-12-2-4-13(5-3-12)17-6-8-19-9-7-17/h2-5,11,16H,6-10H2,1H3,(H2,15,18). The van der Waals surface area contributed by atoms with Gasteiger partial charge in [-0.05, 0) is 24.6 Å². The number of nitrogens with one attached hydrogen (secondary N) is 1. The first-order valence-electron chi connectivity index (χ1n) is 6.61. The van der Waals surface area contributed by atoms with Crippen LogP contribution < -0.4 is 16.0 Å². The van der Waals surface area contributed by atoms with E-state index in [0.29, 0.717) is 6.54 Å². The van der Waals surface area contributed by atoms with Crippen molar-refractivity contribution >= 4 is 11.6 Å². The van der Waals surface area contributed by atoms with Crippen molar-refractivity contribution in [2.75, 3.05) is 31.2 Å². The quantitative estimate of drug-likeness (QED) is 0.811. The molecule has 1 heterocycles. The highest BCUT2D eigenvalue weighted by Gasteiger charge is 2.11. The topological polar surface area (TPSA) is 67.6 Å². The van der Waals surface area contributed by atoms with Crippen LogP contribution in [0.4, 0.5) is 5.69 Å². The van der Waals surface area contributed by atoms with Crippen LogP contribution in [-0.2, 0) is 16.1 Å². The van der Waals surface area contributed by atoms with E-state index < -0.39 is 0 Å². The number of hydrogen-bond donors (Lipinski definition) is 2. The highest BCUT2D eigenvalue weighted by atomic mass is 16.5. The average Bonchev–Trinajstić information content (AvgIpc) is 2.46. The van der Waals surface area contributed by atoms with Crippen molar-refractivity contribution in [1.82, 2.24) is 5.32 Å². The van der Waals surface area contributed by atoms with Crippen LogP contribution in [0.25, 0.3) is 0 Å². The summed E-state index contributed by atoms with van der Waals surface area (Å²) in [6, 6.07) is 8.06. The normalized spacial score (nSPS) is 17.2. The van der Waals surface area contributed by atoms with Crippen molar-refractivity contribution in [3.05, 3.63) is 29.8 Å². The van der Waals surface area contributed by atoms with Gasteiger partial charge in [-0.3, -0.25) is 4.79 Å². The smallest absolute Gasteiger partial charge is 0.234 e. The molecule has 1 fully saturated rings. The molecule has 1 aliphatic heterocycles. The molecule has 0 radical (unpaired) electrons. The van der Waals surface area contributed by atoms with E-state index in [4.69, 9.17) is 10.5 Å². The lowest BCUT2D eigenvalue weighted by Crippen LogP contribution is -2.38. The van der Waals surface area contributed by atoms with Gasteiger partial charge in [0.2, 0.25) is 5.91 Å². The van der Waals surface area contributed by atoms with E-state index >= 15 is 0 Å². The summed E-state index contributed by atoms with van der Waals surface area (Å²) in [7, 11) is 0. The third-order valence-corrected chi connectivity index (χ3v) is 3.35. The fraction of sp³-hybridized carbons (Fsp3) is 0.500. The molecular weight excluding hydrogens is 242 g/mol. The largest absolute Gasteiger partial charge is 0.378 e. The summed E-state index contributed by atoms with van der Waals surface area (Å²) in [5.41, 5.74) is 7.56. The number of amides is 1. The number of ether oxygens (including phenoxy) is 1. The van der Waals surface area contributed by atoms with Crippen LogP contribution >= 0.6 is 0 Å². The van der Waals surface area contributed by atoms with Crippen LogP contribution in [0.15, 0.2) is 24.3 Å². The SMILES string of the molecule is CC(NCc1ccc(N2CCOCC2)cc1)C(N)=O. The highest BCUT2D eigenvalue weighted by Crippen LogP contribution is 2.16. The lowest BCUT2D eigenvalue weighted by Gasteiger charge is -2.29. The predicted molar refractivity (Wildman–Crippen MR) is 75.0 cm³/mol. The molecule has 1 aromatic rings. The Labute approximate surface area is 113 Å². The van der Waals surface area contributed by atoms with Gasteiger partial charge in [0.25, 0.3) is 0 Å². The average molecular weight is 263 g/mol. The van der Waals surface area contributed by atoms with Crippen LogP contribution in [-0.4, -0.2) is 38.3 Å². The van der Waals surface area contributed by atoms with Crippen molar-refractivity contribution < 1.29 is 9.53 Å². The Morgan fingerprint density at radius 1 is 1.37 bits per heavy atom. The molecule has 3 N–H and O–H groups in total. The van der Waals surface area contributed by atoms with Crippen molar-refractivity contribution in [3.63, 3.8) is 0 Å². The maximum absolute atomic E-state index is 10.9. The second kappa shape index (κ2) is 6.54. The summed E-state index contributed by atoms with van der Waals surface area (Å²) < 4.78 is 5.34. The highest BCUT2D eigenvalue weighted by molar-refractivity contribution is 5.79. The second-order valence-electron chi connectivity index (χ2n) is 4.77. The Hall–Kier alpha value is -1.59. The van der Waals surface area contributed by atoms with Gasteiger partial charge in [0.05, 0.1) is 19.3 Å². The summed E-state index contributed by atoms with van der Waals surface area (Å²) in [5.74, 6) is -0.329. The summed E-state index contributed by atoms with van der Waals surface area (Å²) in [5, 5.41) is 3.09. The number of primary amides is 1. The van der Waals surface area contributed by atoms with Crippen LogP contribution in [0.3, 0.4) is 0 Å². The van der Waals surface area contributed by atoms with E-state index in [0.717, 1.165) is 31.9 Å². The Kier molecular flexibility index (Phi) is 4.76. The molecule has 1 unspecified atom stereocenters. The molecule has 0 aliphatic carbocycles. The zero-order valence-corrected chi connectivity index (χ0v) is 11.3. The number of anilines is 1. The summed E-state index contributed by atoms with van der Waals surface area (Å²) in [6.07, 6.45) is 0. The summed E-state index contributed by atoms with van der Waals surface area (Å²) in [6.45, 7) is 5.88. The summed E-state index contributed by atoms with van der Waals surface area (Å²) >= 11 is 0. The summed E-state index contributed by atoms with van der Waals surface area (Å²) in [4.78, 5) is 13.2. The zero-order valence-electron chi connectivity index (χ0n) is 11.3. The number of morpholine rings is 1. The number of benzene rings is 1. The number of nitrogens with two attached hydrogens (primary N) is 1. The number of rotatable bonds is 5. The Morgan fingerprint density at radius 3 is 2.58 bits per heavy atom. The van der Waals surface area contributed by atoms with Crippen LogP contribution in [0.5, 0.6) is 0 Å². The lowest BCUT2D eigenvalue weighted by atomic mass is 10.1. The number of nitrogens with zero attached hydrogens (tertiary/aromatic N) is 1. The predicted octanol–water partition coefficient (Wildman–Crippen LogP) is 0.487. The molecule has 1 aromatic carbocycles. The minimum atomic E-state index is -0.329. The fourth-order valence-electron chi connectivity index (χ4n) is 2.02. The van der Waals surface area contributed by atoms with E-state index in [1.165, 1.54) is 5.69 Å². The Balaban J connectivity index is 1.89. The van der Waals surface area contributed by atoms with E-state index in [1.54, 1.807) is 6.92 Å². The minimum absolute atomic E-state index is 0.307. The molecule has 0 aromatic heterocycles. The van der Waals surface area contributed by atoms with Gasteiger partial charge in [-0.1, -0.05) is 12.1 Å².